The number of para-hydroxylation sites is 2. The first kappa shape index (κ1) is 28.1. The van der Waals surface area contributed by atoms with Crippen LogP contribution in [0.4, 0.5) is 0 Å². The Kier molecular flexibility index (Phi) is 6.62. The van der Waals surface area contributed by atoms with E-state index in [1.165, 1.54) is 98.5 Å². The predicted molar refractivity (Wildman–Crippen MR) is 207 cm³/mol. The minimum absolute atomic E-state index is 1.19. The van der Waals surface area contributed by atoms with Gasteiger partial charge in [-0.3, -0.25) is 0 Å². The highest BCUT2D eigenvalue weighted by atomic mass is 14.7. The molecule has 0 saturated heterocycles. The standard InChI is InChI=1S/2C23H17N/c2*1-15-8-7-11-17-14-19(16-9-3-2-4-10-16)22-18-12-5-6-13-20(18)24-23(22)21(15)17/h2*2-14,24H,1H3. The third-order valence-corrected chi connectivity index (χ3v) is 9.83. The van der Waals surface area contributed by atoms with Crippen molar-refractivity contribution in [3.8, 4) is 22.3 Å². The van der Waals surface area contributed by atoms with Crippen molar-refractivity contribution >= 4 is 65.2 Å². The molecule has 8 aromatic carbocycles. The van der Waals surface area contributed by atoms with Gasteiger partial charge in [0.1, 0.15) is 0 Å². The van der Waals surface area contributed by atoms with E-state index in [4.69, 9.17) is 0 Å². The van der Waals surface area contributed by atoms with Gasteiger partial charge in [-0.05, 0) is 82.3 Å². The van der Waals surface area contributed by atoms with Gasteiger partial charge >= 0.3 is 0 Å². The molecule has 0 aliphatic heterocycles. The molecule has 10 rings (SSSR count). The van der Waals surface area contributed by atoms with Crippen LogP contribution in [0.15, 0.2) is 158 Å². The van der Waals surface area contributed by atoms with Crippen molar-refractivity contribution in [1.29, 1.82) is 0 Å². The van der Waals surface area contributed by atoms with Crippen LogP contribution in [0.25, 0.3) is 87.4 Å². The number of H-pyrrole nitrogens is 2. The zero-order valence-corrected chi connectivity index (χ0v) is 27.0. The first-order chi connectivity index (χ1) is 23.7. The Balaban J connectivity index is 0.000000131. The normalized spacial score (nSPS) is 11.5. The molecular formula is C46H34N2. The fourth-order valence-electron chi connectivity index (χ4n) is 7.67. The molecular weight excluding hydrogens is 581 g/mol. The molecule has 0 atom stereocenters. The van der Waals surface area contributed by atoms with Gasteiger partial charge in [-0.25, -0.2) is 0 Å². The van der Waals surface area contributed by atoms with Gasteiger partial charge in [0.25, 0.3) is 0 Å². The molecule has 0 radical (unpaired) electrons. The summed E-state index contributed by atoms with van der Waals surface area (Å²) in [5, 5.41) is 10.4. The molecule has 0 fully saturated rings. The molecule has 0 amide bonds. The molecule has 0 aliphatic carbocycles. The third-order valence-electron chi connectivity index (χ3n) is 9.83. The largest absolute Gasteiger partial charge is 0.354 e. The highest BCUT2D eigenvalue weighted by Gasteiger charge is 2.16. The van der Waals surface area contributed by atoms with Crippen molar-refractivity contribution in [3.05, 3.63) is 169 Å². The lowest BCUT2D eigenvalue weighted by molar-refractivity contribution is 1.51. The Labute approximate surface area is 279 Å². The maximum Gasteiger partial charge on any atom is 0.0553 e. The van der Waals surface area contributed by atoms with Gasteiger partial charge in [0.05, 0.1) is 11.0 Å². The fraction of sp³-hybridized carbons (Fsp3) is 0.0435. The van der Waals surface area contributed by atoms with Gasteiger partial charge in [0, 0.05) is 43.4 Å². The van der Waals surface area contributed by atoms with E-state index in [9.17, 15) is 0 Å². The summed E-state index contributed by atoms with van der Waals surface area (Å²) in [4.78, 5) is 7.34. The lowest BCUT2D eigenvalue weighted by Crippen LogP contribution is -1.85. The lowest BCUT2D eigenvalue weighted by atomic mass is 9.94. The average molecular weight is 615 g/mol. The van der Waals surface area contributed by atoms with Crippen molar-refractivity contribution in [2.75, 3.05) is 0 Å². The number of rotatable bonds is 2. The van der Waals surface area contributed by atoms with Crippen LogP contribution >= 0.6 is 0 Å². The Bertz CT molecular complexity index is 2590. The van der Waals surface area contributed by atoms with E-state index in [0.29, 0.717) is 0 Å². The van der Waals surface area contributed by atoms with Crippen LogP contribution < -0.4 is 0 Å². The monoisotopic (exact) mass is 614 g/mol. The maximum absolute atomic E-state index is 3.67. The molecule has 0 aliphatic rings. The first-order valence-electron chi connectivity index (χ1n) is 16.6. The van der Waals surface area contributed by atoms with Crippen molar-refractivity contribution < 1.29 is 0 Å². The summed E-state index contributed by atoms with van der Waals surface area (Å²) in [5.41, 5.74) is 12.6. The number of hydrogen-bond acceptors (Lipinski definition) is 0. The minimum atomic E-state index is 1.19. The number of nitrogens with one attached hydrogen (secondary N) is 2. The molecule has 0 spiro atoms. The van der Waals surface area contributed by atoms with Gasteiger partial charge in [-0.1, -0.05) is 133 Å². The van der Waals surface area contributed by atoms with Crippen molar-refractivity contribution in [2.45, 2.75) is 13.8 Å². The van der Waals surface area contributed by atoms with Crippen LogP contribution in [0.1, 0.15) is 11.1 Å². The number of benzene rings is 8. The summed E-state index contributed by atoms with van der Waals surface area (Å²) in [6.07, 6.45) is 0. The zero-order chi connectivity index (χ0) is 32.2. The summed E-state index contributed by atoms with van der Waals surface area (Å²) in [5.74, 6) is 0. The molecule has 48 heavy (non-hydrogen) atoms. The molecule has 2 heterocycles. The molecule has 0 saturated carbocycles. The number of aromatic nitrogens is 2. The van der Waals surface area contributed by atoms with Crippen molar-refractivity contribution in [3.63, 3.8) is 0 Å². The maximum atomic E-state index is 3.67. The van der Waals surface area contributed by atoms with Crippen LogP contribution in [-0.2, 0) is 0 Å². The van der Waals surface area contributed by atoms with E-state index in [1.807, 2.05) is 0 Å². The molecule has 10 aromatic rings. The summed E-state index contributed by atoms with van der Waals surface area (Å²) in [7, 11) is 0. The second-order valence-electron chi connectivity index (χ2n) is 12.8. The Morgan fingerprint density at radius 2 is 0.750 bits per heavy atom. The molecule has 2 heteroatoms. The first-order valence-corrected chi connectivity index (χ1v) is 16.6. The van der Waals surface area contributed by atoms with Gasteiger partial charge in [-0.2, -0.15) is 0 Å². The molecule has 0 unspecified atom stereocenters. The molecule has 0 bridgehead atoms. The molecule has 2 nitrogen and oxygen atoms in total. The summed E-state index contributed by atoms with van der Waals surface area (Å²) in [6, 6.07) is 56.3. The van der Waals surface area contributed by atoms with Gasteiger partial charge in [0.2, 0.25) is 0 Å². The van der Waals surface area contributed by atoms with Crippen LogP contribution in [0.2, 0.25) is 0 Å². The topological polar surface area (TPSA) is 31.6 Å². The molecule has 228 valence electrons. The van der Waals surface area contributed by atoms with E-state index < -0.39 is 0 Å². The molecule has 2 aromatic heterocycles. The second kappa shape index (κ2) is 11.3. The number of aryl methyl sites for hydroxylation is 2. The van der Waals surface area contributed by atoms with Gasteiger partial charge in [0.15, 0.2) is 0 Å². The van der Waals surface area contributed by atoms with Crippen LogP contribution in [0.5, 0.6) is 0 Å². The SMILES string of the molecule is Cc1cccc2cc(-c3ccccc3)c3c4ccccc4[nH]c3c12.Cc1cccc2cc(-c3ccccc3)c3c4ccccc4[nH]c3c12. The predicted octanol–water partition coefficient (Wildman–Crippen LogP) is 12.9. The fourth-order valence-corrected chi connectivity index (χ4v) is 7.67. The van der Waals surface area contributed by atoms with Crippen LogP contribution in [0, 0.1) is 13.8 Å². The number of hydrogen-bond donors (Lipinski definition) is 2. The van der Waals surface area contributed by atoms with Crippen LogP contribution in [0.3, 0.4) is 0 Å². The van der Waals surface area contributed by atoms with Crippen LogP contribution in [-0.4, -0.2) is 9.97 Å². The van der Waals surface area contributed by atoms with E-state index in [2.05, 4.69) is 182 Å². The Morgan fingerprint density at radius 1 is 0.354 bits per heavy atom. The van der Waals surface area contributed by atoms with Gasteiger partial charge < -0.3 is 9.97 Å². The second-order valence-corrected chi connectivity index (χ2v) is 12.8. The van der Waals surface area contributed by atoms with Gasteiger partial charge in [-0.15, -0.1) is 0 Å². The minimum Gasteiger partial charge on any atom is -0.354 e. The highest BCUT2D eigenvalue weighted by molar-refractivity contribution is 6.24. The third kappa shape index (κ3) is 4.49. The lowest BCUT2D eigenvalue weighted by Gasteiger charge is -2.10. The van der Waals surface area contributed by atoms with E-state index in [0.717, 1.165) is 0 Å². The quantitative estimate of drug-likeness (QED) is 0.194. The van der Waals surface area contributed by atoms with E-state index >= 15 is 0 Å². The van der Waals surface area contributed by atoms with E-state index in [-0.39, 0.29) is 0 Å². The number of aromatic amines is 2. The average Bonchev–Trinajstić information content (AvgIpc) is 3.71. The van der Waals surface area contributed by atoms with Crippen molar-refractivity contribution in [2.24, 2.45) is 0 Å². The summed E-state index contributed by atoms with van der Waals surface area (Å²) >= 11 is 0. The van der Waals surface area contributed by atoms with Crippen molar-refractivity contribution in [1.82, 2.24) is 9.97 Å². The molecule has 2 N–H and O–H groups in total. The zero-order valence-electron chi connectivity index (χ0n) is 27.0. The summed E-state index contributed by atoms with van der Waals surface area (Å²) < 4.78 is 0. The number of fused-ring (bicyclic) bond motifs is 10. The summed E-state index contributed by atoms with van der Waals surface area (Å²) in [6.45, 7) is 4.38. The Morgan fingerprint density at radius 3 is 1.19 bits per heavy atom. The Hall–Kier alpha value is -6.12. The highest BCUT2D eigenvalue weighted by Crippen LogP contribution is 2.41. The smallest absolute Gasteiger partial charge is 0.0553 e. The van der Waals surface area contributed by atoms with E-state index in [1.54, 1.807) is 0 Å².